The van der Waals surface area contributed by atoms with Crippen LogP contribution < -0.4 is 25.4 Å². The van der Waals surface area contributed by atoms with Crippen LogP contribution in [0, 0.1) is 6.92 Å². The molecule has 11 heteroatoms. The number of benzene rings is 3. The van der Waals surface area contributed by atoms with Gasteiger partial charge in [0.15, 0.2) is 17.6 Å². The molecule has 10 nitrogen and oxygen atoms in total. The summed E-state index contributed by atoms with van der Waals surface area (Å²) in [6.07, 6.45) is -1.40. The molecule has 0 aromatic heterocycles. The van der Waals surface area contributed by atoms with Crippen molar-refractivity contribution in [1.82, 2.24) is 20.9 Å². The first-order valence-corrected chi connectivity index (χ1v) is 15.8. The number of carbonyl (C=O) groups is 3. The summed E-state index contributed by atoms with van der Waals surface area (Å²) >= 11 is 1.47. The molecule has 0 spiro atoms. The van der Waals surface area contributed by atoms with Crippen molar-refractivity contribution >= 4 is 29.6 Å². The van der Waals surface area contributed by atoms with E-state index < -0.39 is 34.9 Å². The molecular formula is C34H42N4O6S. The molecule has 3 aromatic rings. The molecule has 4 amide bonds. The summed E-state index contributed by atoms with van der Waals surface area (Å²) in [5.74, 6) is 0.415. The van der Waals surface area contributed by atoms with Gasteiger partial charge in [-0.3, -0.25) is 9.59 Å². The Bertz CT molecular complexity index is 1480. The summed E-state index contributed by atoms with van der Waals surface area (Å²) in [5, 5.41) is 20.0. The number of urea groups is 1. The fourth-order valence-corrected chi connectivity index (χ4v) is 6.48. The van der Waals surface area contributed by atoms with Crippen molar-refractivity contribution < 1.29 is 29.0 Å². The number of rotatable bonds is 12. The summed E-state index contributed by atoms with van der Waals surface area (Å²) < 4.78 is 10.0. The lowest BCUT2D eigenvalue weighted by Gasteiger charge is -2.33. The van der Waals surface area contributed by atoms with Crippen molar-refractivity contribution in [2.45, 2.75) is 63.2 Å². The van der Waals surface area contributed by atoms with Crippen LogP contribution in [0.25, 0.3) is 0 Å². The third-order valence-electron chi connectivity index (χ3n) is 7.94. The Morgan fingerprint density at radius 1 is 0.933 bits per heavy atom. The molecule has 3 atom stereocenters. The Labute approximate surface area is 268 Å². The summed E-state index contributed by atoms with van der Waals surface area (Å²) in [6, 6.07) is 20.1. The molecule has 240 valence electrons. The average Bonchev–Trinajstić information content (AvgIpc) is 3.37. The Kier molecular flexibility index (Phi) is 11.4. The van der Waals surface area contributed by atoms with Gasteiger partial charge < -0.3 is 35.4 Å². The van der Waals surface area contributed by atoms with Gasteiger partial charge in [-0.25, -0.2) is 4.79 Å². The first-order chi connectivity index (χ1) is 21.5. The molecule has 4 N–H and O–H groups in total. The summed E-state index contributed by atoms with van der Waals surface area (Å²) in [4.78, 5) is 41.9. The number of hydrogen-bond acceptors (Lipinski definition) is 7. The number of nitrogens with one attached hydrogen (secondary N) is 3. The number of nitrogens with zero attached hydrogens (tertiary/aromatic N) is 1. The molecule has 1 saturated heterocycles. The van der Waals surface area contributed by atoms with Crippen molar-refractivity contribution in [3.05, 3.63) is 95.1 Å². The molecule has 1 fully saturated rings. The molecule has 0 radical (unpaired) electrons. The van der Waals surface area contributed by atoms with Crippen LogP contribution in [0.3, 0.4) is 0 Å². The Hall–Kier alpha value is -4.22. The van der Waals surface area contributed by atoms with Crippen LogP contribution in [0.4, 0.5) is 4.79 Å². The lowest BCUT2D eigenvalue weighted by Crippen LogP contribution is -2.59. The van der Waals surface area contributed by atoms with Crippen LogP contribution in [0.15, 0.2) is 72.8 Å². The van der Waals surface area contributed by atoms with Gasteiger partial charge in [-0.05, 0) is 61.6 Å². The lowest BCUT2D eigenvalue weighted by molar-refractivity contribution is -0.147. The molecular weight excluding hydrogens is 592 g/mol. The van der Waals surface area contributed by atoms with Gasteiger partial charge in [-0.1, -0.05) is 60.7 Å². The fourth-order valence-electron chi connectivity index (χ4n) is 5.34. The number of aliphatic hydroxyl groups excluding tert-OH is 1. The molecule has 0 saturated carbocycles. The van der Waals surface area contributed by atoms with Crippen LogP contribution in [0.5, 0.6) is 11.5 Å². The van der Waals surface area contributed by atoms with E-state index in [1.807, 2.05) is 75.4 Å². The van der Waals surface area contributed by atoms with E-state index in [1.165, 1.54) is 23.8 Å². The van der Waals surface area contributed by atoms with Gasteiger partial charge in [0.05, 0.1) is 26.1 Å². The SMILES string of the molecule is COc1ccc(CNC(=O)NC(Cc2ccccc2)C(O)C(=O)N2CSC(C)(C)C2C(=O)NCc2ccccc2C)cc1OC. The van der Waals surface area contributed by atoms with E-state index in [1.54, 1.807) is 25.3 Å². The number of ether oxygens (including phenoxy) is 2. The maximum absolute atomic E-state index is 13.9. The largest absolute Gasteiger partial charge is 0.493 e. The summed E-state index contributed by atoms with van der Waals surface area (Å²) in [7, 11) is 3.08. The number of thioether (sulfide) groups is 1. The monoisotopic (exact) mass is 634 g/mol. The van der Waals surface area contributed by atoms with E-state index in [4.69, 9.17) is 9.47 Å². The van der Waals surface area contributed by atoms with E-state index in [9.17, 15) is 19.5 Å². The van der Waals surface area contributed by atoms with Crippen molar-refractivity contribution in [2.75, 3.05) is 20.1 Å². The zero-order chi connectivity index (χ0) is 32.6. The first-order valence-electron chi connectivity index (χ1n) is 14.8. The molecule has 3 aromatic carbocycles. The Morgan fingerprint density at radius 3 is 2.31 bits per heavy atom. The van der Waals surface area contributed by atoms with E-state index in [2.05, 4.69) is 16.0 Å². The van der Waals surface area contributed by atoms with Crippen molar-refractivity contribution in [3.63, 3.8) is 0 Å². The standard InChI is InChI=1S/C34H42N4O6S/c1-22-11-9-10-14-25(22)20-35-31(40)30-34(2,3)45-21-38(30)32(41)29(39)26(17-23-12-7-6-8-13-23)37-33(42)36-19-24-15-16-27(43-4)28(18-24)44-5/h6-16,18,26,29-30,39H,17,19-21H2,1-5H3,(H,35,40)(H2,36,37,42). The van der Waals surface area contributed by atoms with Crippen LogP contribution in [0.2, 0.25) is 0 Å². The second-order valence-electron chi connectivity index (χ2n) is 11.5. The molecule has 0 aliphatic carbocycles. The summed E-state index contributed by atoms with van der Waals surface area (Å²) in [6.45, 7) is 6.31. The van der Waals surface area contributed by atoms with Crippen LogP contribution >= 0.6 is 11.8 Å². The van der Waals surface area contributed by atoms with E-state index in [0.29, 0.717) is 18.0 Å². The Morgan fingerprint density at radius 2 is 1.62 bits per heavy atom. The third kappa shape index (κ3) is 8.49. The molecule has 3 unspecified atom stereocenters. The fraction of sp³-hybridized carbons (Fsp3) is 0.382. The number of carbonyl (C=O) groups excluding carboxylic acids is 3. The maximum Gasteiger partial charge on any atom is 0.315 e. The summed E-state index contributed by atoms with van der Waals surface area (Å²) in [5.41, 5.74) is 3.65. The van der Waals surface area contributed by atoms with E-state index in [0.717, 1.165) is 22.3 Å². The molecule has 4 rings (SSSR count). The van der Waals surface area contributed by atoms with Crippen molar-refractivity contribution in [2.24, 2.45) is 0 Å². The molecule has 1 aliphatic rings. The Balaban J connectivity index is 1.48. The van der Waals surface area contributed by atoms with Crippen molar-refractivity contribution in [3.8, 4) is 11.5 Å². The zero-order valence-electron chi connectivity index (χ0n) is 26.3. The number of amides is 4. The highest BCUT2D eigenvalue weighted by molar-refractivity contribution is 8.00. The van der Waals surface area contributed by atoms with Gasteiger partial charge in [0, 0.05) is 17.8 Å². The third-order valence-corrected chi connectivity index (χ3v) is 9.32. The lowest BCUT2D eigenvalue weighted by atomic mass is 9.97. The topological polar surface area (TPSA) is 129 Å². The quantitative estimate of drug-likeness (QED) is 0.239. The number of hydrogen-bond donors (Lipinski definition) is 4. The highest BCUT2D eigenvalue weighted by Gasteiger charge is 2.49. The second kappa shape index (κ2) is 15.2. The van der Waals surface area contributed by atoms with E-state index >= 15 is 0 Å². The van der Waals surface area contributed by atoms with Crippen LogP contribution in [0.1, 0.15) is 36.1 Å². The number of aliphatic hydroxyl groups is 1. The molecule has 45 heavy (non-hydrogen) atoms. The minimum Gasteiger partial charge on any atom is -0.493 e. The number of aryl methyl sites for hydroxylation is 1. The van der Waals surface area contributed by atoms with Gasteiger partial charge in [0.2, 0.25) is 5.91 Å². The predicted molar refractivity (Wildman–Crippen MR) is 175 cm³/mol. The first kappa shape index (κ1) is 33.7. The average molecular weight is 635 g/mol. The molecule has 1 aliphatic heterocycles. The van der Waals surface area contributed by atoms with E-state index in [-0.39, 0.29) is 24.7 Å². The highest BCUT2D eigenvalue weighted by atomic mass is 32.2. The smallest absolute Gasteiger partial charge is 0.315 e. The zero-order valence-corrected chi connectivity index (χ0v) is 27.1. The minimum atomic E-state index is -1.60. The van der Waals surface area contributed by atoms with Crippen molar-refractivity contribution in [1.29, 1.82) is 0 Å². The van der Waals surface area contributed by atoms with Gasteiger partial charge in [-0.2, -0.15) is 0 Å². The highest BCUT2D eigenvalue weighted by Crippen LogP contribution is 2.40. The van der Waals surface area contributed by atoms with Crippen LogP contribution in [-0.2, 0) is 29.1 Å². The second-order valence-corrected chi connectivity index (χ2v) is 13.1. The molecule has 1 heterocycles. The minimum absolute atomic E-state index is 0.175. The van der Waals surface area contributed by atoms with Gasteiger partial charge in [-0.15, -0.1) is 11.8 Å². The van der Waals surface area contributed by atoms with Crippen LogP contribution in [-0.4, -0.2) is 70.9 Å². The van der Waals surface area contributed by atoms with Gasteiger partial charge in [0.1, 0.15) is 6.04 Å². The maximum atomic E-state index is 13.9. The molecule has 0 bridgehead atoms. The van der Waals surface area contributed by atoms with Gasteiger partial charge in [0.25, 0.3) is 5.91 Å². The predicted octanol–water partition coefficient (Wildman–Crippen LogP) is 3.78. The van der Waals surface area contributed by atoms with Gasteiger partial charge >= 0.3 is 6.03 Å². The normalized spacial score (nSPS) is 16.8. The number of methoxy groups -OCH3 is 2.